The monoisotopic (exact) mass is 405 g/mol. The lowest BCUT2D eigenvalue weighted by Crippen LogP contribution is -2.44. The predicted molar refractivity (Wildman–Crippen MR) is 94.6 cm³/mol. The zero-order valence-corrected chi connectivity index (χ0v) is 16.2. The molecule has 6 nitrogen and oxygen atoms in total. The summed E-state index contributed by atoms with van der Waals surface area (Å²) in [5.74, 6) is 0. The number of rotatable bonds is 5. The van der Waals surface area contributed by atoms with Crippen molar-refractivity contribution in [2.45, 2.75) is 51.5 Å². The average molecular weight is 405 g/mol. The Morgan fingerprint density at radius 2 is 1.86 bits per heavy atom. The normalized spacial score (nSPS) is 21.3. The van der Waals surface area contributed by atoms with Crippen LogP contribution in [-0.4, -0.2) is 61.5 Å². The lowest BCUT2D eigenvalue weighted by atomic mass is 10.2. The first-order chi connectivity index (χ1) is 13.0. The van der Waals surface area contributed by atoms with Crippen LogP contribution in [0.3, 0.4) is 0 Å². The minimum Gasteiger partial charge on any atom is -0.444 e. The second kappa shape index (κ2) is 9.58. The van der Waals surface area contributed by atoms with Gasteiger partial charge >= 0.3 is 12.5 Å². The van der Waals surface area contributed by atoms with Crippen molar-refractivity contribution >= 4 is 6.09 Å². The summed E-state index contributed by atoms with van der Waals surface area (Å²) in [4.78, 5) is 13.6. The maximum atomic E-state index is 12.6. The van der Waals surface area contributed by atoms with Crippen LogP contribution >= 0.6 is 0 Å². The van der Waals surface area contributed by atoms with Gasteiger partial charge in [0.2, 0.25) is 0 Å². The van der Waals surface area contributed by atoms with Crippen LogP contribution < -0.4 is 0 Å². The van der Waals surface area contributed by atoms with E-state index in [2.05, 4.69) is 4.74 Å². The van der Waals surface area contributed by atoms with E-state index in [1.54, 1.807) is 20.8 Å². The van der Waals surface area contributed by atoms with Gasteiger partial charge in [-0.15, -0.1) is 13.2 Å². The lowest BCUT2D eigenvalue weighted by molar-refractivity contribution is -0.346. The number of carbonyl (C=O) groups excluding carboxylic acids is 1. The molecule has 0 aliphatic carbocycles. The van der Waals surface area contributed by atoms with Crippen LogP contribution in [0.2, 0.25) is 0 Å². The Hall–Kier alpha value is -1.84. The van der Waals surface area contributed by atoms with Gasteiger partial charge < -0.3 is 19.1 Å². The van der Waals surface area contributed by atoms with Gasteiger partial charge in [0.25, 0.3) is 0 Å². The molecule has 0 spiro atoms. The van der Waals surface area contributed by atoms with E-state index in [1.165, 1.54) is 4.90 Å². The van der Waals surface area contributed by atoms with Crippen LogP contribution in [0, 0.1) is 0 Å². The van der Waals surface area contributed by atoms with E-state index in [0.717, 1.165) is 5.56 Å². The van der Waals surface area contributed by atoms with Gasteiger partial charge in [0, 0.05) is 0 Å². The molecular weight excluding hydrogens is 379 g/mol. The van der Waals surface area contributed by atoms with Crippen molar-refractivity contribution in [3.8, 4) is 0 Å². The third-order valence-corrected chi connectivity index (χ3v) is 3.73. The van der Waals surface area contributed by atoms with Crippen LogP contribution in [0.25, 0.3) is 0 Å². The van der Waals surface area contributed by atoms with Gasteiger partial charge in [-0.1, -0.05) is 30.3 Å². The van der Waals surface area contributed by atoms with Gasteiger partial charge in [-0.05, 0) is 26.3 Å². The Morgan fingerprint density at radius 1 is 1.18 bits per heavy atom. The molecule has 1 fully saturated rings. The number of alkyl halides is 3. The van der Waals surface area contributed by atoms with E-state index in [9.17, 15) is 18.0 Å². The summed E-state index contributed by atoms with van der Waals surface area (Å²) >= 11 is 0. The van der Waals surface area contributed by atoms with Crippen molar-refractivity contribution in [3.63, 3.8) is 0 Å². The Bertz CT molecular complexity index is 618. The molecule has 28 heavy (non-hydrogen) atoms. The van der Waals surface area contributed by atoms with Crippen molar-refractivity contribution in [2.75, 3.05) is 26.3 Å². The van der Waals surface area contributed by atoms with E-state index in [1.807, 2.05) is 30.3 Å². The fourth-order valence-corrected chi connectivity index (χ4v) is 2.63. The van der Waals surface area contributed by atoms with Gasteiger partial charge in [-0.2, -0.15) is 0 Å². The van der Waals surface area contributed by atoms with E-state index >= 15 is 0 Å². The van der Waals surface area contributed by atoms with Gasteiger partial charge in [-0.25, -0.2) is 4.79 Å². The topological polar surface area (TPSA) is 57.2 Å². The summed E-state index contributed by atoms with van der Waals surface area (Å²) in [6, 6.07) is 9.44. The van der Waals surface area contributed by atoms with Gasteiger partial charge in [0.15, 0.2) is 0 Å². The lowest BCUT2D eigenvalue weighted by Gasteiger charge is -2.29. The summed E-state index contributed by atoms with van der Waals surface area (Å²) in [5.41, 5.74) is 0.183. The van der Waals surface area contributed by atoms with Gasteiger partial charge in [0.05, 0.1) is 39.0 Å². The average Bonchev–Trinajstić information content (AvgIpc) is 2.75. The molecule has 1 aliphatic rings. The fourth-order valence-electron chi connectivity index (χ4n) is 2.63. The molecule has 0 unspecified atom stereocenters. The van der Waals surface area contributed by atoms with E-state index in [-0.39, 0.29) is 26.3 Å². The summed E-state index contributed by atoms with van der Waals surface area (Å²) in [7, 11) is 0. The number of carbonyl (C=O) groups is 1. The maximum absolute atomic E-state index is 12.6. The minimum atomic E-state index is -4.82. The van der Waals surface area contributed by atoms with Crippen LogP contribution in [0.5, 0.6) is 0 Å². The quantitative estimate of drug-likeness (QED) is 0.747. The molecule has 1 aromatic carbocycles. The van der Waals surface area contributed by atoms with Crippen molar-refractivity contribution in [1.82, 2.24) is 4.90 Å². The van der Waals surface area contributed by atoms with Gasteiger partial charge in [-0.3, -0.25) is 4.74 Å². The van der Waals surface area contributed by atoms with Crippen LogP contribution in [0.4, 0.5) is 18.0 Å². The smallest absolute Gasteiger partial charge is 0.444 e. The Balaban J connectivity index is 1.98. The third kappa shape index (κ3) is 8.45. The largest absolute Gasteiger partial charge is 0.522 e. The first-order valence-electron chi connectivity index (χ1n) is 8.97. The Labute approximate surface area is 162 Å². The highest BCUT2D eigenvalue weighted by Gasteiger charge is 2.38. The molecular formula is C19H26F3NO5. The number of halogens is 3. The molecule has 0 aromatic heterocycles. The standard InChI is InChI=1S/C19H26F3NO5/c1-18(2,3)28-17(24)23-9-15(12-25-11-14-7-5-4-6-8-14)26-13-16(10-23)27-19(20,21)22/h4-8,15-16H,9-13H2,1-3H3/t15-,16+/m0/s1. The summed E-state index contributed by atoms with van der Waals surface area (Å²) < 4.78 is 58.4. The highest BCUT2D eigenvalue weighted by molar-refractivity contribution is 5.68. The second-order valence-electron chi connectivity index (χ2n) is 7.53. The molecule has 0 bridgehead atoms. The summed E-state index contributed by atoms with van der Waals surface area (Å²) in [6.45, 7) is 4.95. The zero-order chi connectivity index (χ0) is 20.8. The SMILES string of the molecule is CC(C)(C)OC(=O)N1C[C@@H](COCc2ccccc2)OC[C@H](OC(F)(F)F)C1. The molecule has 0 radical (unpaired) electrons. The summed E-state index contributed by atoms with van der Waals surface area (Å²) in [5, 5.41) is 0. The molecule has 0 N–H and O–H groups in total. The molecule has 158 valence electrons. The second-order valence-corrected chi connectivity index (χ2v) is 7.53. The van der Waals surface area contributed by atoms with Crippen LogP contribution in [0.15, 0.2) is 30.3 Å². The third-order valence-electron chi connectivity index (χ3n) is 3.73. The zero-order valence-electron chi connectivity index (χ0n) is 16.2. The Morgan fingerprint density at radius 3 is 2.46 bits per heavy atom. The number of hydrogen-bond donors (Lipinski definition) is 0. The van der Waals surface area contributed by atoms with Crippen LogP contribution in [-0.2, 0) is 25.6 Å². The number of hydrogen-bond acceptors (Lipinski definition) is 5. The summed E-state index contributed by atoms with van der Waals surface area (Å²) in [6.07, 6.45) is -7.48. The van der Waals surface area contributed by atoms with E-state index in [0.29, 0.717) is 6.61 Å². The molecule has 1 saturated heterocycles. The fraction of sp³-hybridized carbons (Fsp3) is 0.632. The number of ether oxygens (including phenoxy) is 4. The van der Waals surface area contributed by atoms with E-state index in [4.69, 9.17) is 14.2 Å². The van der Waals surface area contributed by atoms with Crippen molar-refractivity contribution in [2.24, 2.45) is 0 Å². The van der Waals surface area contributed by atoms with Gasteiger partial charge in [0.1, 0.15) is 11.7 Å². The molecule has 1 aromatic rings. The minimum absolute atomic E-state index is 0.0431. The molecule has 2 atom stereocenters. The van der Waals surface area contributed by atoms with E-state index < -0.39 is 30.3 Å². The first kappa shape index (κ1) is 22.4. The highest BCUT2D eigenvalue weighted by atomic mass is 19.4. The highest BCUT2D eigenvalue weighted by Crippen LogP contribution is 2.22. The molecule has 1 amide bonds. The predicted octanol–water partition coefficient (Wildman–Crippen LogP) is 3.74. The molecule has 1 heterocycles. The molecule has 0 saturated carbocycles. The Kier molecular flexibility index (Phi) is 7.68. The first-order valence-corrected chi connectivity index (χ1v) is 8.97. The molecule has 2 rings (SSSR count). The molecule has 9 heteroatoms. The van der Waals surface area contributed by atoms with Crippen molar-refractivity contribution in [3.05, 3.63) is 35.9 Å². The van der Waals surface area contributed by atoms with Crippen LogP contribution in [0.1, 0.15) is 26.3 Å². The number of amides is 1. The number of benzene rings is 1. The number of nitrogens with zero attached hydrogens (tertiary/aromatic N) is 1. The van der Waals surface area contributed by atoms with Crippen molar-refractivity contribution < 1.29 is 36.9 Å². The maximum Gasteiger partial charge on any atom is 0.522 e. The molecule has 1 aliphatic heterocycles. The van der Waals surface area contributed by atoms with Crippen molar-refractivity contribution in [1.29, 1.82) is 0 Å².